The third-order valence-electron chi connectivity index (χ3n) is 5.83. The maximum absolute atomic E-state index is 12.6. The molecular weight excluding hydrogens is 426 g/mol. The van der Waals surface area contributed by atoms with Gasteiger partial charge in [0.15, 0.2) is 0 Å². The van der Waals surface area contributed by atoms with Gasteiger partial charge in [0.1, 0.15) is 5.84 Å². The van der Waals surface area contributed by atoms with Crippen LogP contribution in [0.3, 0.4) is 0 Å². The number of nitrogens with two attached hydrogens (primary N) is 2. The Hall–Kier alpha value is -4.04. The lowest BCUT2D eigenvalue weighted by molar-refractivity contribution is 0.221. The zero-order valence-electron chi connectivity index (χ0n) is 19.0. The molecule has 2 aromatic carbocycles. The predicted molar refractivity (Wildman–Crippen MR) is 138 cm³/mol. The molecule has 0 bridgehead atoms. The fraction of sp³-hybridized carbons (Fsp3) is 0.231. The minimum Gasteiger partial charge on any atom is -0.404 e. The van der Waals surface area contributed by atoms with Gasteiger partial charge in [0, 0.05) is 48.4 Å². The lowest BCUT2D eigenvalue weighted by atomic mass is 9.96. The van der Waals surface area contributed by atoms with E-state index in [0.29, 0.717) is 24.6 Å². The van der Waals surface area contributed by atoms with Crippen molar-refractivity contribution in [3.05, 3.63) is 78.8 Å². The molecule has 0 saturated carbocycles. The number of likely N-dealkylation sites (tertiary alicyclic amines) is 1. The molecule has 1 atom stereocenters. The fourth-order valence-electron chi connectivity index (χ4n) is 4.09. The van der Waals surface area contributed by atoms with Crippen LogP contribution in [-0.2, 0) is 0 Å². The van der Waals surface area contributed by atoms with E-state index in [-0.39, 0.29) is 5.92 Å². The summed E-state index contributed by atoms with van der Waals surface area (Å²) in [5.74, 6) is 0.349. The highest BCUT2D eigenvalue weighted by Crippen LogP contribution is 2.23. The molecule has 3 aromatic rings. The van der Waals surface area contributed by atoms with Crippen LogP contribution in [0, 0.1) is 5.92 Å². The Morgan fingerprint density at radius 2 is 2.03 bits per heavy atom. The summed E-state index contributed by atoms with van der Waals surface area (Å²) in [6.07, 6.45) is 8.68. The number of nitrogens with zero attached hydrogens (tertiary/aromatic N) is 4. The van der Waals surface area contributed by atoms with Crippen LogP contribution < -0.4 is 16.8 Å². The maximum atomic E-state index is 12.6. The van der Waals surface area contributed by atoms with E-state index in [4.69, 9.17) is 11.5 Å². The van der Waals surface area contributed by atoms with E-state index in [0.717, 1.165) is 41.4 Å². The number of nitrogens with one attached hydrogen (secondary N) is 1. The number of anilines is 1. The summed E-state index contributed by atoms with van der Waals surface area (Å²) >= 11 is 0. The molecule has 1 fully saturated rings. The van der Waals surface area contributed by atoms with Crippen LogP contribution >= 0.6 is 0 Å². The molecule has 8 heteroatoms. The van der Waals surface area contributed by atoms with Crippen LogP contribution in [-0.4, -0.2) is 47.6 Å². The van der Waals surface area contributed by atoms with Gasteiger partial charge in [-0.1, -0.05) is 30.3 Å². The molecule has 1 unspecified atom stereocenters. The van der Waals surface area contributed by atoms with Crippen molar-refractivity contribution in [3.8, 4) is 0 Å². The van der Waals surface area contributed by atoms with Gasteiger partial charge in [-0.2, -0.15) is 4.99 Å². The van der Waals surface area contributed by atoms with Crippen LogP contribution in [0.4, 0.5) is 16.2 Å². The summed E-state index contributed by atoms with van der Waals surface area (Å²) in [5, 5.41) is 4.70. The number of pyridine rings is 1. The number of fused-ring (bicyclic) bond motifs is 1. The summed E-state index contributed by atoms with van der Waals surface area (Å²) < 4.78 is 0. The number of para-hydroxylation sites is 1. The molecule has 1 aliphatic rings. The molecule has 34 heavy (non-hydrogen) atoms. The third kappa shape index (κ3) is 6.05. The van der Waals surface area contributed by atoms with E-state index in [1.165, 1.54) is 0 Å². The minimum absolute atomic E-state index is 0.00121. The van der Waals surface area contributed by atoms with Gasteiger partial charge >= 0.3 is 6.03 Å². The second-order valence-electron chi connectivity index (χ2n) is 8.28. The van der Waals surface area contributed by atoms with Crippen LogP contribution in [0.25, 0.3) is 10.8 Å². The zero-order valence-corrected chi connectivity index (χ0v) is 19.0. The van der Waals surface area contributed by atoms with Crippen LogP contribution in [0.15, 0.2) is 88.7 Å². The average Bonchev–Trinajstić information content (AvgIpc) is 2.87. The minimum atomic E-state index is -0.475. The standard InChI is InChI=1S/C26H29N7O/c27-14-19(15-30-22-8-2-1-3-9-22)17-33-13-5-7-21(18-33)25(28)32-26(34)31-24-10-4-6-20-16-29-12-11-23(20)24/h1-4,6,8-12,14-16,21H,5,7,13,17-18,27H2,(H3,28,31,32,34)/b19-14+,30-15?. The summed E-state index contributed by atoms with van der Waals surface area (Å²) in [6, 6.07) is 16.8. The van der Waals surface area contributed by atoms with Gasteiger partial charge in [-0.15, -0.1) is 0 Å². The molecule has 0 aliphatic carbocycles. The molecule has 1 aromatic heterocycles. The quantitative estimate of drug-likeness (QED) is 0.382. The average molecular weight is 456 g/mol. The first kappa shape index (κ1) is 23.1. The molecule has 0 radical (unpaired) electrons. The third-order valence-corrected chi connectivity index (χ3v) is 5.83. The van der Waals surface area contributed by atoms with Crippen LogP contribution in [0.5, 0.6) is 0 Å². The van der Waals surface area contributed by atoms with Crippen molar-refractivity contribution >= 4 is 40.2 Å². The molecular formula is C26H29N7O. The van der Waals surface area contributed by atoms with E-state index in [1.807, 2.05) is 54.6 Å². The predicted octanol–water partition coefficient (Wildman–Crippen LogP) is 4.08. The van der Waals surface area contributed by atoms with Gasteiger partial charge in [-0.25, -0.2) is 4.79 Å². The molecule has 0 spiro atoms. The summed E-state index contributed by atoms with van der Waals surface area (Å²) in [7, 11) is 0. The number of aromatic nitrogens is 1. The molecule has 2 heterocycles. The van der Waals surface area contributed by atoms with Crippen LogP contribution in [0.1, 0.15) is 12.8 Å². The summed E-state index contributed by atoms with van der Waals surface area (Å²) in [5.41, 5.74) is 14.6. The Bertz CT molecular complexity index is 1210. The molecule has 1 aliphatic heterocycles. The largest absolute Gasteiger partial charge is 0.404 e. The van der Waals surface area contributed by atoms with Gasteiger partial charge in [-0.05, 0) is 55.4 Å². The number of amidine groups is 1. The van der Waals surface area contributed by atoms with E-state index < -0.39 is 6.03 Å². The topological polar surface area (TPSA) is 122 Å². The van der Waals surface area contributed by atoms with E-state index in [1.54, 1.807) is 24.8 Å². The maximum Gasteiger partial charge on any atom is 0.347 e. The Labute approximate surface area is 199 Å². The zero-order chi connectivity index (χ0) is 23.8. The number of rotatable bonds is 6. The highest BCUT2D eigenvalue weighted by Gasteiger charge is 2.23. The number of urea groups is 1. The molecule has 1 saturated heterocycles. The van der Waals surface area contributed by atoms with Gasteiger partial charge in [0.25, 0.3) is 0 Å². The van der Waals surface area contributed by atoms with Gasteiger partial charge in [-0.3, -0.25) is 14.9 Å². The van der Waals surface area contributed by atoms with E-state index in [9.17, 15) is 4.79 Å². The SMILES string of the molecule is N/C=C(\C=Nc1ccccc1)CN1CCCC(/C(N)=N/C(=O)Nc2cccc3cnccc23)C1. The summed E-state index contributed by atoms with van der Waals surface area (Å²) in [6.45, 7) is 2.29. The Morgan fingerprint density at radius 1 is 1.18 bits per heavy atom. The first-order valence-electron chi connectivity index (χ1n) is 11.3. The summed E-state index contributed by atoms with van der Waals surface area (Å²) in [4.78, 5) is 27.6. The molecule has 8 nitrogen and oxygen atoms in total. The van der Waals surface area contributed by atoms with E-state index in [2.05, 4.69) is 25.2 Å². The lowest BCUT2D eigenvalue weighted by Crippen LogP contribution is -2.42. The second-order valence-corrected chi connectivity index (χ2v) is 8.28. The number of hydrogen-bond acceptors (Lipinski definition) is 5. The number of amides is 2. The van der Waals surface area contributed by atoms with Crippen molar-refractivity contribution in [1.82, 2.24) is 9.88 Å². The second kappa shape index (κ2) is 11.2. The smallest absolute Gasteiger partial charge is 0.347 e. The lowest BCUT2D eigenvalue weighted by Gasteiger charge is -2.32. The number of piperidine rings is 1. The monoisotopic (exact) mass is 455 g/mol. The molecule has 174 valence electrons. The number of aliphatic imine (C=N–C) groups is 2. The highest BCUT2D eigenvalue weighted by atomic mass is 16.2. The first-order valence-corrected chi connectivity index (χ1v) is 11.3. The number of benzene rings is 2. The fourth-order valence-corrected chi connectivity index (χ4v) is 4.09. The van der Waals surface area contributed by atoms with Crippen molar-refractivity contribution in [2.75, 3.05) is 25.0 Å². The van der Waals surface area contributed by atoms with Crippen molar-refractivity contribution < 1.29 is 4.79 Å². The number of carbonyl (C=O) groups excluding carboxylic acids is 1. The molecule has 5 N–H and O–H groups in total. The van der Waals surface area contributed by atoms with Crippen molar-refractivity contribution in [1.29, 1.82) is 0 Å². The molecule has 2 amide bonds. The Kier molecular flexibility index (Phi) is 7.62. The van der Waals surface area contributed by atoms with Gasteiger partial charge in [0.2, 0.25) is 0 Å². The van der Waals surface area contributed by atoms with Crippen LogP contribution in [0.2, 0.25) is 0 Å². The van der Waals surface area contributed by atoms with Crippen molar-refractivity contribution in [3.63, 3.8) is 0 Å². The molecule has 4 rings (SSSR count). The normalized spacial score (nSPS) is 17.8. The van der Waals surface area contributed by atoms with Crippen molar-refractivity contribution in [2.45, 2.75) is 12.8 Å². The number of carbonyl (C=O) groups is 1. The first-order chi connectivity index (χ1) is 16.6. The number of hydrogen-bond donors (Lipinski definition) is 3. The highest BCUT2D eigenvalue weighted by molar-refractivity contribution is 6.05. The Morgan fingerprint density at radius 3 is 2.85 bits per heavy atom. The van der Waals surface area contributed by atoms with Crippen molar-refractivity contribution in [2.24, 2.45) is 27.4 Å². The van der Waals surface area contributed by atoms with E-state index >= 15 is 0 Å². The van der Waals surface area contributed by atoms with Gasteiger partial charge in [0.05, 0.1) is 11.4 Å². The van der Waals surface area contributed by atoms with Gasteiger partial charge < -0.3 is 16.8 Å². The Balaban J connectivity index is 1.37.